The first-order valence-electron chi connectivity index (χ1n) is 6.18. The van der Waals surface area contributed by atoms with E-state index in [-0.39, 0.29) is 5.38 Å². The SMILES string of the molecule is CC(Cl)CCOc1ccccc1-c1ccccc1. The van der Waals surface area contributed by atoms with Crippen LogP contribution in [0.15, 0.2) is 54.6 Å². The van der Waals surface area contributed by atoms with Crippen molar-refractivity contribution in [3.8, 4) is 16.9 Å². The average molecular weight is 261 g/mol. The molecule has 0 aliphatic carbocycles. The fourth-order valence-electron chi connectivity index (χ4n) is 1.78. The lowest BCUT2D eigenvalue weighted by Gasteiger charge is -2.12. The molecule has 18 heavy (non-hydrogen) atoms. The van der Waals surface area contributed by atoms with Crippen molar-refractivity contribution in [1.29, 1.82) is 0 Å². The molecule has 94 valence electrons. The van der Waals surface area contributed by atoms with Gasteiger partial charge in [0.25, 0.3) is 0 Å². The van der Waals surface area contributed by atoms with Crippen LogP contribution in [0.5, 0.6) is 5.75 Å². The summed E-state index contributed by atoms with van der Waals surface area (Å²) in [6.07, 6.45) is 0.852. The average Bonchev–Trinajstić information content (AvgIpc) is 2.40. The summed E-state index contributed by atoms with van der Waals surface area (Å²) in [5.74, 6) is 0.918. The molecule has 0 radical (unpaired) electrons. The van der Waals surface area contributed by atoms with E-state index in [9.17, 15) is 0 Å². The maximum absolute atomic E-state index is 5.92. The topological polar surface area (TPSA) is 9.23 Å². The number of benzene rings is 2. The van der Waals surface area contributed by atoms with E-state index in [4.69, 9.17) is 16.3 Å². The van der Waals surface area contributed by atoms with Crippen LogP contribution in [0.4, 0.5) is 0 Å². The van der Waals surface area contributed by atoms with Crippen LogP contribution < -0.4 is 4.74 Å². The van der Waals surface area contributed by atoms with E-state index in [0.717, 1.165) is 17.7 Å². The molecule has 0 heterocycles. The Hall–Kier alpha value is -1.47. The highest BCUT2D eigenvalue weighted by Crippen LogP contribution is 2.29. The Bertz CT molecular complexity index is 479. The molecule has 0 saturated heterocycles. The maximum Gasteiger partial charge on any atom is 0.127 e. The Balaban J connectivity index is 2.16. The lowest BCUT2D eigenvalue weighted by molar-refractivity contribution is 0.312. The predicted molar refractivity (Wildman–Crippen MR) is 77.3 cm³/mol. The van der Waals surface area contributed by atoms with Gasteiger partial charge >= 0.3 is 0 Å². The molecule has 1 unspecified atom stereocenters. The van der Waals surface area contributed by atoms with Crippen molar-refractivity contribution in [3.63, 3.8) is 0 Å². The largest absolute Gasteiger partial charge is 0.493 e. The van der Waals surface area contributed by atoms with Gasteiger partial charge in [0, 0.05) is 10.9 Å². The zero-order valence-electron chi connectivity index (χ0n) is 10.5. The molecule has 1 atom stereocenters. The number of hydrogen-bond acceptors (Lipinski definition) is 1. The summed E-state index contributed by atoms with van der Waals surface area (Å²) in [4.78, 5) is 0. The molecule has 0 amide bonds. The molecule has 0 N–H and O–H groups in total. The van der Waals surface area contributed by atoms with Crippen molar-refractivity contribution in [2.24, 2.45) is 0 Å². The number of para-hydroxylation sites is 1. The van der Waals surface area contributed by atoms with E-state index in [1.807, 2.05) is 43.3 Å². The molecule has 0 aliphatic heterocycles. The van der Waals surface area contributed by atoms with Gasteiger partial charge in [0.15, 0.2) is 0 Å². The van der Waals surface area contributed by atoms with E-state index in [1.54, 1.807) is 0 Å². The summed E-state index contributed by atoms with van der Waals surface area (Å²) >= 11 is 5.92. The third-order valence-corrected chi connectivity index (χ3v) is 2.96. The van der Waals surface area contributed by atoms with Crippen molar-refractivity contribution >= 4 is 11.6 Å². The number of rotatable bonds is 5. The normalized spacial score (nSPS) is 12.1. The monoisotopic (exact) mass is 260 g/mol. The van der Waals surface area contributed by atoms with Gasteiger partial charge in [-0.05, 0) is 25.0 Å². The Labute approximate surface area is 113 Å². The standard InChI is InChI=1S/C16H17ClO/c1-13(17)11-12-18-16-10-6-5-9-15(16)14-7-3-2-4-8-14/h2-10,13H,11-12H2,1H3. The van der Waals surface area contributed by atoms with Crippen molar-refractivity contribution in [2.75, 3.05) is 6.61 Å². The molecule has 2 rings (SSSR count). The zero-order valence-corrected chi connectivity index (χ0v) is 11.2. The van der Waals surface area contributed by atoms with E-state index < -0.39 is 0 Å². The minimum absolute atomic E-state index is 0.147. The summed E-state index contributed by atoms with van der Waals surface area (Å²) in [5.41, 5.74) is 2.30. The van der Waals surface area contributed by atoms with Crippen LogP contribution in [-0.4, -0.2) is 12.0 Å². The van der Waals surface area contributed by atoms with E-state index in [0.29, 0.717) is 6.61 Å². The van der Waals surface area contributed by atoms with E-state index in [1.165, 1.54) is 5.56 Å². The van der Waals surface area contributed by atoms with Gasteiger partial charge in [-0.2, -0.15) is 0 Å². The van der Waals surface area contributed by atoms with Gasteiger partial charge in [-0.1, -0.05) is 48.5 Å². The van der Waals surface area contributed by atoms with Gasteiger partial charge in [0.05, 0.1) is 6.61 Å². The van der Waals surface area contributed by atoms with Crippen molar-refractivity contribution in [2.45, 2.75) is 18.7 Å². The molecule has 0 aromatic heterocycles. The van der Waals surface area contributed by atoms with E-state index >= 15 is 0 Å². The third-order valence-electron chi connectivity index (χ3n) is 2.75. The summed E-state index contributed by atoms with van der Waals surface area (Å²) < 4.78 is 5.82. The van der Waals surface area contributed by atoms with E-state index in [2.05, 4.69) is 18.2 Å². The highest BCUT2D eigenvalue weighted by atomic mass is 35.5. The van der Waals surface area contributed by atoms with Gasteiger partial charge in [-0.15, -0.1) is 11.6 Å². The van der Waals surface area contributed by atoms with Gasteiger partial charge < -0.3 is 4.74 Å². The molecular weight excluding hydrogens is 244 g/mol. The lowest BCUT2D eigenvalue weighted by atomic mass is 10.1. The van der Waals surface area contributed by atoms with Crippen LogP contribution in [0.3, 0.4) is 0 Å². The molecule has 0 spiro atoms. The smallest absolute Gasteiger partial charge is 0.127 e. The van der Waals surface area contributed by atoms with Crippen LogP contribution >= 0.6 is 11.6 Å². The summed E-state index contributed by atoms with van der Waals surface area (Å²) in [6.45, 7) is 2.63. The minimum atomic E-state index is 0.147. The van der Waals surface area contributed by atoms with Crippen LogP contribution in [0.1, 0.15) is 13.3 Å². The summed E-state index contributed by atoms with van der Waals surface area (Å²) in [7, 11) is 0. The molecule has 0 saturated carbocycles. The summed E-state index contributed by atoms with van der Waals surface area (Å²) in [5, 5.41) is 0.147. The van der Waals surface area contributed by atoms with Crippen LogP contribution in [0.25, 0.3) is 11.1 Å². The molecule has 2 aromatic carbocycles. The first-order chi connectivity index (χ1) is 8.77. The fourth-order valence-corrected chi connectivity index (χ4v) is 1.87. The van der Waals surface area contributed by atoms with Crippen LogP contribution in [0, 0.1) is 0 Å². The number of alkyl halides is 1. The van der Waals surface area contributed by atoms with Gasteiger partial charge in [-0.25, -0.2) is 0 Å². The number of hydrogen-bond donors (Lipinski definition) is 0. The quantitative estimate of drug-likeness (QED) is 0.705. The maximum atomic E-state index is 5.92. The Morgan fingerprint density at radius 1 is 1.00 bits per heavy atom. The minimum Gasteiger partial charge on any atom is -0.493 e. The fraction of sp³-hybridized carbons (Fsp3) is 0.250. The second-order valence-electron chi connectivity index (χ2n) is 4.28. The van der Waals surface area contributed by atoms with Gasteiger partial charge in [0.1, 0.15) is 5.75 Å². The van der Waals surface area contributed by atoms with Crippen molar-refractivity contribution in [3.05, 3.63) is 54.6 Å². The number of ether oxygens (including phenoxy) is 1. The highest BCUT2D eigenvalue weighted by molar-refractivity contribution is 6.20. The van der Waals surface area contributed by atoms with Crippen LogP contribution in [0.2, 0.25) is 0 Å². The third kappa shape index (κ3) is 3.51. The molecule has 2 aromatic rings. The Morgan fingerprint density at radius 3 is 2.39 bits per heavy atom. The zero-order chi connectivity index (χ0) is 12.8. The molecular formula is C16H17ClO. The first kappa shape index (κ1) is 13.0. The second-order valence-corrected chi connectivity index (χ2v) is 5.03. The second kappa shape index (κ2) is 6.46. The Morgan fingerprint density at radius 2 is 1.67 bits per heavy atom. The predicted octanol–water partition coefficient (Wildman–Crippen LogP) is 4.75. The highest BCUT2D eigenvalue weighted by Gasteiger charge is 2.05. The number of halogens is 1. The van der Waals surface area contributed by atoms with Crippen molar-refractivity contribution in [1.82, 2.24) is 0 Å². The summed E-state index contributed by atoms with van der Waals surface area (Å²) in [6, 6.07) is 18.4. The van der Waals surface area contributed by atoms with Gasteiger partial charge in [-0.3, -0.25) is 0 Å². The van der Waals surface area contributed by atoms with Crippen LogP contribution in [-0.2, 0) is 0 Å². The molecule has 2 heteroatoms. The Kier molecular flexibility index (Phi) is 4.66. The molecule has 0 fully saturated rings. The molecule has 0 aliphatic rings. The molecule has 1 nitrogen and oxygen atoms in total. The van der Waals surface area contributed by atoms with Gasteiger partial charge in [0.2, 0.25) is 0 Å². The first-order valence-corrected chi connectivity index (χ1v) is 6.62. The lowest BCUT2D eigenvalue weighted by Crippen LogP contribution is -2.03. The molecule has 0 bridgehead atoms. The van der Waals surface area contributed by atoms with Crippen molar-refractivity contribution < 1.29 is 4.74 Å².